The minimum atomic E-state index is -0.307. The van der Waals surface area contributed by atoms with Crippen LogP contribution in [0.3, 0.4) is 0 Å². The first-order chi connectivity index (χ1) is 8.69. The second-order valence-electron chi connectivity index (χ2n) is 3.38. The molecule has 7 nitrogen and oxygen atoms in total. The Labute approximate surface area is 107 Å². The van der Waals surface area contributed by atoms with Crippen molar-refractivity contribution >= 4 is 23.3 Å². The van der Waals surface area contributed by atoms with Crippen molar-refractivity contribution in [2.24, 2.45) is 5.84 Å². The summed E-state index contributed by atoms with van der Waals surface area (Å²) >= 11 is 5.76. The van der Waals surface area contributed by atoms with Crippen LogP contribution in [-0.2, 0) is 6.54 Å². The van der Waals surface area contributed by atoms with Crippen molar-refractivity contribution in [1.29, 1.82) is 0 Å². The largest absolute Gasteiger partial charge is 0.364 e. The van der Waals surface area contributed by atoms with Crippen LogP contribution >= 0.6 is 11.6 Å². The van der Waals surface area contributed by atoms with E-state index in [1.54, 1.807) is 6.07 Å². The van der Waals surface area contributed by atoms with Crippen LogP contribution in [-0.4, -0.2) is 16.0 Å². The number of amides is 1. The quantitative estimate of drug-likeness (QED) is 0.432. The third kappa shape index (κ3) is 2.96. The fourth-order valence-corrected chi connectivity index (χ4v) is 1.51. The lowest BCUT2D eigenvalue weighted by Crippen LogP contribution is -2.23. The van der Waals surface area contributed by atoms with Gasteiger partial charge in [-0.15, -0.1) is 0 Å². The molecule has 2 aromatic rings. The molecule has 0 saturated carbocycles. The first kappa shape index (κ1) is 12.3. The summed E-state index contributed by atoms with van der Waals surface area (Å²) in [7, 11) is 0. The number of hydrazine groups is 1. The zero-order chi connectivity index (χ0) is 13.0. The molecule has 18 heavy (non-hydrogen) atoms. The van der Waals surface area contributed by atoms with Gasteiger partial charge in [0.1, 0.15) is 22.9 Å². The van der Waals surface area contributed by atoms with Gasteiger partial charge >= 0.3 is 0 Å². The van der Waals surface area contributed by atoms with E-state index < -0.39 is 0 Å². The number of nitrogens with zero attached hydrogens (tertiary/aromatic N) is 2. The maximum absolute atomic E-state index is 11.8. The van der Waals surface area contributed by atoms with E-state index in [0.717, 1.165) is 0 Å². The number of halogens is 1. The minimum Gasteiger partial charge on any atom is -0.364 e. The zero-order valence-electron chi connectivity index (χ0n) is 9.18. The summed E-state index contributed by atoms with van der Waals surface area (Å²) in [6.45, 7) is 0.265. The van der Waals surface area contributed by atoms with Crippen molar-refractivity contribution in [2.45, 2.75) is 6.54 Å². The maximum Gasteiger partial charge on any atom is 0.251 e. The van der Waals surface area contributed by atoms with Gasteiger partial charge in [0, 0.05) is 11.6 Å². The SMILES string of the molecule is NNc1cc(C(=O)NCc2ccon2)cc(Cl)n1. The van der Waals surface area contributed by atoms with Crippen LogP contribution in [0.4, 0.5) is 5.82 Å². The highest BCUT2D eigenvalue weighted by molar-refractivity contribution is 6.29. The first-order valence-electron chi connectivity index (χ1n) is 5.00. The fourth-order valence-electron chi connectivity index (χ4n) is 1.30. The number of nitrogen functional groups attached to an aromatic ring is 1. The molecule has 0 aromatic carbocycles. The van der Waals surface area contributed by atoms with Gasteiger partial charge in [-0.1, -0.05) is 16.8 Å². The van der Waals surface area contributed by atoms with Gasteiger partial charge < -0.3 is 15.3 Å². The Hall–Kier alpha value is -2.12. The Balaban J connectivity index is 2.06. The van der Waals surface area contributed by atoms with Gasteiger partial charge in [0.2, 0.25) is 0 Å². The Morgan fingerprint density at radius 3 is 3.00 bits per heavy atom. The van der Waals surface area contributed by atoms with Crippen molar-refractivity contribution < 1.29 is 9.32 Å². The van der Waals surface area contributed by atoms with Gasteiger partial charge in [-0.25, -0.2) is 10.8 Å². The van der Waals surface area contributed by atoms with E-state index in [9.17, 15) is 4.79 Å². The van der Waals surface area contributed by atoms with Gasteiger partial charge in [0.25, 0.3) is 5.91 Å². The molecule has 0 unspecified atom stereocenters. The number of nitrogens with two attached hydrogens (primary N) is 1. The highest BCUT2D eigenvalue weighted by Gasteiger charge is 2.09. The van der Waals surface area contributed by atoms with Crippen LogP contribution in [0.15, 0.2) is 29.0 Å². The molecule has 2 heterocycles. The zero-order valence-corrected chi connectivity index (χ0v) is 9.94. The molecule has 0 saturated heterocycles. The van der Waals surface area contributed by atoms with Crippen LogP contribution < -0.4 is 16.6 Å². The van der Waals surface area contributed by atoms with Crippen molar-refractivity contribution in [1.82, 2.24) is 15.5 Å². The smallest absolute Gasteiger partial charge is 0.251 e. The topological polar surface area (TPSA) is 106 Å². The van der Waals surface area contributed by atoms with E-state index in [4.69, 9.17) is 17.4 Å². The van der Waals surface area contributed by atoms with Crippen LogP contribution in [0.5, 0.6) is 0 Å². The van der Waals surface area contributed by atoms with E-state index in [2.05, 4.69) is 25.4 Å². The first-order valence-corrected chi connectivity index (χ1v) is 5.38. The third-order valence-electron chi connectivity index (χ3n) is 2.13. The highest BCUT2D eigenvalue weighted by atomic mass is 35.5. The molecule has 2 rings (SSSR count). The number of carbonyl (C=O) groups excluding carboxylic acids is 1. The molecule has 2 aromatic heterocycles. The predicted octanol–water partition coefficient (Wildman–Crippen LogP) is 0.939. The molecule has 8 heteroatoms. The van der Waals surface area contributed by atoms with E-state index in [1.807, 2.05) is 0 Å². The summed E-state index contributed by atoms with van der Waals surface area (Å²) in [4.78, 5) is 15.7. The average molecular weight is 268 g/mol. The Morgan fingerprint density at radius 2 is 2.33 bits per heavy atom. The van der Waals surface area contributed by atoms with Crippen LogP contribution in [0.25, 0.3) is 0 Å². The number of anilines is 1. The van der Waals surface area contributed by atoms with E-state index in [0.29, 0.717) is 17.1 Å². The second-order valence-corrected chi connectivity index (χ2v) is 3.77. The summed E-state index contributed by atoms with van der Waals surface area (Å²) in [5, 5.41) is 6.51. The number of carbonyl (C=O) groups is 1. The van der Waals surface area contributed by atoms with Crippen LogP contribution in [0, 0.1) is 0 Å². The maximum atomic E-state index is 11.8. The molecule has 0 aliphatic heterocycles. The lowest BCUT2D eigenvalue weighted by atomic mass is 10.2. The molecule has 0 bridgehead atoms. The predicted molar refractivity (Wildman–Crippen MR) is 64.7 cm³/mol. The van der Waals surface area contributed by atoms with Gasteiger partial charge in [-0.3, -0.25) is 4.79 Å². The van der Waals surface area contributed by atoms with Gasteiger partial charge in [0.15, 0.2) is 0 Å². The molecule has 0 atom stereocenters. The number of nitrogens with one attached hydrogen (secondary N) is 2. The molecule has 0 fully saturated rings. The molecule has 0 radical (unpaired) electrons. The summed E-state index contributed by atoms with van der Waals surface area (Å²) in [6.07, 6.45) is 1.43. The molecule has 0 aliphatic rings. The highest BCUT2D eigenvalue weighted by Crippen LogP contribution is 2.13. The Bertz CT molecular complexity index is 543. The van der Waals surface area contributed by atoms with E-state index in [1.165, 1.54) is 18.4 Å². The molecular weight excluding hydrogens is 258 g/mol. The number of hydrogen-bond donors (Lipinski definition) is 3. The van der Waals surface area contributed by atoms with Crippen LogP contribution in [0.2, 0.25) is 5.15 Å². The van der Waals surface area contributed by atoms with Gasteiger partial charge in [-0.05, 0) is 12.1 Å². The number of aromatic nitrogens is 2. The summed E-state index contributed by atoms with van der Waals surface area (Å²) in [5.41, 5.74) is 3.31. The van der Waals surface area contributed by atoms with Gasteiger partial charge in [0.05, 0.1) is 6.54 Å². The normalized spacial score (nSPS) is 10.1. The minimum absolute atomic E-state index is 0.178. The second kappa shape index (κ2) is 5.48. The summed E-state index contributed by atoms with van der Waals surface area (Å²) in [5.74, 6) is 5.22. The number of pyridine rings is 1. The summed E-state index contributed by atoms with van der Waals surface area (Å²) in [6, 6.07) is 4.59. The van der Waals surface area contributed by atoms with Crippen LogP contribution in [0.1, 0.15) is 16.1 Å². The molecule has 0 spiro atoms. The number of hydrogen-bond acceptors (Lipinski definition) is 6. The molecule has 4 N–H and O–H groups in total. The van der Waals surface area contributed by atoms with Crippen molar-refractivity contribution in [3.8, 4) is 0 Å². The molecule has 1 amide bonds. The molecule has 0 aliphatic carbocycles. The molecule has 94 valence electrons. The Kier molecular flexibility index (Phi) is 3.75. The van der Waals surface area contributed by atoms with Crippen molar-refractivity contribution in [3.05, 3.63) is 40.9 Å². The van der Waals surface area contributed by atoms with E-state index in [-0.39, 0.29) is 17.6 Å². The molecular formula is C10H10ClN5O2. The summed E-state index contributed by atoms with van der Waals surface area (Å²) < 4.78 is 4.65. The Morgan fingerprint density at radius 1 is 1.50 bits per heavy atom. The fraction of sp³-hybridized carbons (Fsp3) is 0.100. The lowest BCUT2D eigenvalue weighted by Gasteiger charge is -2.05. The lowest BCUT2D eigenvalue weighted by molar-refractivity contribution is 0.0950. The van der Waals surface area contributed by atoms with Crippen molar-refractivity contribution in [2.75, 3.05) is 5.43 Å². The standard InChI is InChI=1S/C10H10ClN5O2/c11-8-3-6(4-9(14-8)15-12)10(17)13-5-7-1-2-18-16-7/h1-4H,5,12H2,(H,13,17)(H,14,15). The number of rotatable bonds is 4. The third-order valence-corrected chi connectivity index (χ3v) is 2.32. The average Bonchev–Trinajstić information content (AvgIpc) is 2.88. The van der Waals surface area contributed by atoms with E-state index >= 15 is 0 Å². The monoisotopic (exact) mass is 267 g/mol. The van der Waals surface area contributed by atoms with Gasteiger partial charge in [-0.2, -0.15) is 0 Å². The van der Waals surface area contributed by atoms with Crippen molar-refractivity contribution in [3.63, 3.8) is 0 Å².